The highest BCUT2D eigenvalue weighted by atomic mass is 19.1. The summed E-state index contributed by atoms with van der Waals surface area (Å²) in [4.78, 5) is 0. The number of fused-ring (bicyclic) bond motifs is 1. The highest BCUT2D eigenvalue weighted by molar-refractivity contribution is 5.41. The Balaban J connectivity index is 2.08. The lowest BCUT2D eigenvalue weighted by atomic mass is 9.65. The van der Waals surface area contributed by atoms with E-state index in [0.29, 0.717) is 38.9 Å². The summed E-state index contributed by atoms with van der Waals surface area (Å²) < 4.78 is 18.6. The molecule has 100 valence electrons. The van der Waals surface area contributed by atoms with Crippen molar-refractivity contribution in [1.82, 2.24) is 0 Å². The number of aliphatic hydroxyl groups is 1. The Kier molecular flexibility index (Phi) is 2.84. The third kappa shape index (κ3) is 1.69. The number of aryl methyl sites for hydroxylation is 1. The highest BCUT2D eigenvalue weighted by Crippen LogP contribution is 2.53. The van der Waals surface area contributed by atoms with Crippen molar-refractivity contribution in [2.75, 3.05) is 13.2 Å². The average molecular weight is 261 g/mol. The molecule has 0 amide bonds. The van der Waals surface area contributed by atoms with Crippen LogP contribution in [0.25, 0.3) is 0 Å². The van der Waals surface area contributed by atoms with E-state index in [2.05, 4.69) is 6.07 Å². The van der Waals surface area contributed by atoms with Gasteiger partial charge in [0.2, 0.25) is 0 Å². The molecule has 1 saturated heterocycles. The van der Waals surface area contributed by atoms with Gasteiger partial charge < -0.3 is 9.84 Å². The van der Waals surface area contributed by atoms with Gasteiger partial charge in [-0.2, -0.15) is 5.26 Å². The normalized spacial score (nSPS) is 28.7. The third-order valence-corrected chi connectivity index (χ3v) is 4.62. The Hall–Kier alpha value is -1.44. The SMILES string of the molecule is N#CC1(C2(O)CCc3cc(F)ccc32)CCOCC1. The molecule has 1 aliphatic heterocycles. The van der Waals surface area contributed by atoms with Crippen LogP contribution in [0.5, 0.6) is 0 Å². The molecule has 2 aliphatic rings. The second-order valence-corrected chi connectivity index (χ2v) is 5.47. The van der Waals surface area contributed by atoms with Gasteiger partial charge in [-0.3, -0.25) is 0 Å². The summed E-state index contributed by atoms with van der Waals surface area (Å²) >= 11 is 0. The van der Waals surface area contributed by atoms with Gasteiger partial charge in [0.05, 0.1) is 11.5 Å². The Morgan fingerprint density at radius 1 is 1.26 bits per heavy atom. The summed E-state index contributed by atoms with van der Waals surface area (Å²) in [5.41, 5.74) is -0.441. The summed E-state index contributed by atoms with van der Waals surface area (Å²) in [6, 6.07) is 6.79. The molecule has 1 aromatic rings. The molecule has 0 saturated carbocycles. The van der Waals surface area contributed by atoms with Crippen LogP contribution in [0.2, 0.25) is 0 Å². The molecule has 1 aliphatic carbocycles. The number of nitriles is 1. The number of ether oxygens (including phenoxy) is 1. The molecule has 0 radical (unpaired) electrons. The lowest BCUT2D eigenvalue weighted by Crippen LogP contribution is -2.47. The maximum atomic E-state index is 13.3. The van der Waals surface area contributed by atoms with Crippen molar-refractivity contribution in [3.05, 3.63) is 35.1 Å². The number of benzene rings is 1. The number of hydrogen-bond acceptors (Lipinski definition) is 3. The number of nitrogens with zero attached hydrogens (tertiary/aromatic N) is 1. The largest absolute Gasteiger partial charge is 0.383 e. The van der Waals surface area contributed by atoms with Crippen LogP contribution in [-0.4, -0.2) is 18.3 Å². The van der Waals surface area contributed by atoms with Crippen LogP contribution in [-0.2, 0) is 16.8 Å². The molecule has 1 heterocycles. The summed E-state index contributed by atoms with van der Waals surface area (Å²) in [6.45, 7) is 0.985. The fourth-order valence-corrected chi connectivity index (χ4v) is 3.46. The van der Waals surface area contributed by atoms with Crippen molar-refractivity contribution < 1.29 is 14.2 Å². The highest BCUT2D eigenvalue weighted by Gasteiger charge is 2.55. The van der Waals surface area contributed by atoms with Gasteiger partial charge in [0.1, 0.15) is 11.4 Å². The molecule has 1 N–H and O–H groups in total. The Morgan fingerprint density at radius 3 is 2.68 bits per heavy atom. The molecular formula is C15H16FNO2. The van der Waals surface area contributed by atoms with E-state index in [-0.39, 0.29) is 5.82 Å². The van der Waals surface area contributed by atoms with Crippen LogP contribution in [0.4, 0.5) is 4.39 Å². The van der Waals surface area contributed by atoms with Crippen molar-refractivity contribution in [3.8, 4) is 6.07 Å². The van der Waals surface area contributed by atoms with Crippen molar-refractivity contribution in [1.29, 1.82) is 5.26 Å². The predicted molar refractivity (Wildman–Crippen MR) is 66.7 cm³/mol. The molecule has 0 aromatic heterocycles. The molecule has 0 spiro atoms. The zero-order valence-corrected chi connectivity index (χ0v) is 10.7. The van der Waals surface area contributed by atoms with Gasteiger partial charge in [0.15, 0.2) is 0 Å². The van der Waals surface area contributed by atoms with Crippen LogP contribution in [0.15, 0.2) is 18.2 Å². The van der Waals surface area contributed by atoms with Crippen LogP contribution in [0.3, 0.4) is 0 Å². The van der Waals surface area contributed by atoms with Gasteiger partial charge in [0.25, 0.3) is 0 Å². The molecule has 1 atom stereocenters. The van der Waals surface area contributed by atoms with E-state index >= 15 is 0 Å². The molecule has 19 heavy (non-hydrogen) atoms. The Labute approximate surface area is 111 Å². The maximum absolute atomic E-state index is 13.3. The lowest BCUT2D eigenvalue weighted by molar-refractivity contribution is -0.108. The Morgan fingerprint density at radius 2 is 2.00 bits per heavy atom. The van der Waals surface area contributed by atoms with Crippen LogP contribution < -0.4 is 0 Å². The minimum absolute atomic E-state index is 0.291. The fourth-order valence-electron chi connectivity index (χ4n) is 3.46. The second kappa shape index (κ2) is 4.29. The second-order valence-electron chi connectivity index (χ2n) is 5.47. The van der Waals surface area contributed by atoms with Crippen molar-refractivity contribution in [2.45, 2.75) is 31.3 Å². The lowest BCUT2D eigenvalue weighted by Gasteiger charge is -2.43. The summed E-state index contributed by atoms with van der Waals surface area (Å²) in [7, 11) is 0. The molecule has 1 unspecified atom stereocenters. The molecule has 3 rings (SSSR count). The molecule has 1 fully saturated rings. The number of hydrogen-bond donors (Lipinski definition) is 1. The van der Waals surface area contributed by atoms with Gasteiger partial charge in [-0.25, -0.2) is 4.39 Å². The van der Waals surface area contributed by atoms with E-state index in [1.54, 1.807) is 6.07 Å². The first-order valence-electron chi connectivity index (χ1n) is 6.62. The van der Waals surface area contributed by atoms with E-state index < -0.39 is 11.0 Å². The summed E-state index contributed by atoms with van der Waals surface area (Å²) in [5, 5.41) is 20.7. The van der Waals surface area contributed by atoms with Gasteiger partial charge in [-0.15, -0.1) is 0 Å². The van der Waals surface area contributed by atoms with Crippen molar-refractivity contribution in [2.24, 2.45) is 5.41 Å². The average Bonchev–Trinajstić information content (AvgIpc) is 2.78. The monoisotopic (exact) mass is 261 g/mol. The maximum Gasteiger partial charge on any atom is 0.123 e. The van der Waals surface area contributed by atoms with Gasteiger partial charge in [-0.1, -0.05) is 6.07 Å². The van der Waals surface area contributed by atoms with Crippen LogP contribution in [0.1, 0.15) is 30.4 Å². The quantitative estimate of drug-likeness (QED) is 0.843. The predicted octanol–water partition coefficient (Wildman–Crippen LogP) is 2.28. The Bertz CT molecular complexity index is 546. The van der Waals surface area contributed by atoms with Crippen LogP contribution in [0, 0.1) is 22.6 Å². The zero-order chi connectivity index (χ0) is 13.5. The van der Waals surface area contributed by atoms with E-state index in [0.717, 1.165) is 11.1 Å². The van der Waals surface area contributed by atoms with E-state index in [9.17, 15) is 14.8 Å². The van der Waals surface area contributed by atoms with E-state index in [4.69, 9.17) is 4.74 Å². The molecule has 0 bridgehead atoms. The van der Waals surface area contributed by atoms with E-state index in [1.165, 1.54) is 12.1 Å². The number of halogens is 1. The standard InChI is InChI=1S/C15H16FNO2/c16-12-1-2-13-11(9-12)3-4-15(13,18)14(10-17)5-7-19-8-6-14/h1-2,9,18H,3-8H2. The van der Waals surface area contributed by atoms with Gasteiger partial charge in [-0.05, 0) is 48.9 Å². The summed E-state index contributed by atoms with van der Waals surface area (Å²) in [5.74, 6) is -0.291. The van der Waals surface area contributed by atoms with Crippen LogP contribution >= 0.6 is 0 Å². The van der Waals surface area contributed by atoms with Gasteiger partial charge in [0, 0.05) is 13.2 Å². The van der Waals surface area contributed by atoms with Crippen molar-refractivity contribution >= 4 is 0 Å². The third-order valence-electron chi connectivity index (χ3n) is 4.62. The smallest absolute Gasteiger partial charge is 0.123 e. The number of rotatable bonds is 1. The molecule has 3 nitrogen and oxygen atoms in total. The minimum atomic E-state index is -1.17. The van der Waals surface area contributed by atoms with Crippen molar-refractivity contribution in [3.63, 3.8) is 0 Å². The topological polar surface area (TPSA) is 53.2 Å². The first-order chi connectivity index (χ1) is 9.11. The molecular weight excluding hydrogens is 245 g/mol. The molecule has 1 aromatic carbocycles. The molecule has 4 heteroatoms. The fraction of sp³-hybridized carbons (Fsp3) is 0.533. The first-order valence-corrected chi connectivity index (χ1v) is 6.62. The minimum Gasteiger partial charge on any atom is -0.383 e. The van der Waals surface area contributed by atoms with E-state index in [1.807, 2.05) is 0 Å². The summed E-state index contributed by atoms with van der Waals surface area (Å²) in [6.07, 6.45) is 2.15. The first kappa shape index (κ1) is 12.6. The zero-order valence-electron chi connectivity index (χ0n) is 10.7. The van der Waals surface area contributed by atoms with Gasteiger partial charge >= 0.3 is 0 Å².